The molecule has 3 rings (SSSR count). The smallest absolute Gasteiger partial charge is 0.335 e. The normalized spacial score (nSPS) is 20.4. The van der Waals surface area contributed by atoms with Gasteiger partial charge in [0, 0.05) is 12.6 Å². The molecule has 1 fully saturated rings. The molecule has 0 unspecified atom stereocenters. The SMILES string of the molecule is Cc1ccccc1C1CC(NCc2cccc(C(=O)O)c2)C1. The second-order valence-electron chi connectivity index (χ2n) is 6.11. The summed E-state index contributed by atoms with van der Waals surface area (Å²) < 4.78 is 0. The van der Waals surface area contributed by atoms with Gasteiger partial charge in [0.2, 0.25) is 0 Å². The number of carboxylic acid groups (broad SMARTS) is 1. The Labute approximate surface area is 131 Å². The van der Waals surface area contributed by atoms with Gasteiger partial charge in [-0.1, -0.05) is 36.4 Å². The van der Waals surface area contributed by atoms with Crippen LogP contribution >= 0.6 is 0 Å². The summed E-state index contributed by atoms with van der Waals surface area (Å²) in [6.07, 6.45) is 2.31. The Hall–Kier alpha value is -2.13. The highest BCUT2D eigenvalue weighted by Gasteiger charge is 2.30. The third-order valence-electron chi connectivity index (χ3n) is 4.54. The van der Waals surface area contributed by atoms with Crippen molar-refractivity contribution in [2.75, 3.05) is 0 Å². The average Bonchev–Trinajstić information content (AvgIpc) is 2.47. The van der Waals surface area contributed by atoms with Crippen LogP contribution in [0.2, 0.25) is 0 Å². The largest absolute Gasteiger partial charge is 0.478 e. The van der Waals surface area contributed by atoms with Gasteiger partial charge in [0.25, 0.3) is 0 Å². The number of rotatable bonds is 5. The summed E-state index contributed by atoms with van der Waals surface area (Å²) in [4.78, 5) is 11.0. The fraction of sp³-hybridized carbons (Fsp3) is 0.316. The number of benzene rings is 2. The molecule has 0 radical (unpaired) electrons. The van der Waals surface area contributed by atoms with Crippen molar-refractivity contribution < 1.29 is 9.90 Å². The second kappa shape index (κ2) is 6.32. The second-order valence-corrected chi connectivity index (χ2v) is 6.11. The first-order valence-electron chi connectivity index (χ1n) is 7.74. The van der Waals surface area contributed by atoms with Crippen LogP contribution in [0.1, 0.15) is 45.8 Å². The molecule has 3 heteroatoms. The summed E-state index contributed by atoms with van der Waals surface area (Å²) in [5, 5.41) is 12.5. The standard InChI is InChI=1S/C19H21NO2/c1-13-5-2-3-8-18(13)16-10-17(11-16)20-12-14-6-4-7-15(9-14)19(21)22/h2-9,16-17,20H,10-12H2,1H3,(H,21,22). The van der Waals surface area contributed by atoms with Gasteiger partial charge < -0.3 is 10.4 Å². The molecular formula is C19H21NO2. The maximum atomic E-state index is 11.0. The molecule has 1 aliphatic rings. The lowest BCUT2D eigenvalue weighted by Gasteiger charge is -2.37. The third-order valence-corrected chi connectivity index (χ3v) is 4.54. The lowest BCUT2D eigenvalue weighted by atomic mass is 9.74. The van der Waals surface area contributed by atoms with E-state index in [-0.39, 0.29) is 0 Å². The highest BCUT2D eigenvalue weighted by Crippen LogP contribution is 2.38. The molecule has 0 aliphatic heterocycles. The first kappa shape index (κ1) is 14.8. The molecule has 2 aromatic rings. The Bertz CT molecular complexity index is 675. The number of carbonyl (C=O) groups is 1. The molecule has 0 bridgehead atoms. The number of aromatic carboxylic acids is 1. The van der Waals surface area contributed by atoms with Crippen molar-refractivity contribution in [2.24, 2.45) is 0 Å². The summed E-state index contributed by atoms with van der Waals surface area (Å²) in [6, 6.07) is 16.3. The van der Waals surface area contributed by atoms with E-state index in [0.717, 1.165) is 24.9 Å². The summed E-state index contributed by atoms with van der Waals surface area (Å²) in [5.74, 6) is -0.214. The topological polar surface area (TPSA) is 49.3 Å². The Morgan fingerprint density at radius 1 is 1.18 bits per heavy atom. The quantitative estimate of drug-likeness (QED) is 0.883. The minimum atomic E-state index is -0.870. The number of hydrogen-bond donors (Lipinski definition) is 2. The highest BCUT2D eigenvalue weighted by molar-refractivity contribution is 5.87. The van der Waals surface area contributed by atoms with Crippen molar-refractivity contribution in [2.45, 2.75) is 38.3 Å². The van der Waals surface area contributed by atoms with E-state index in [1.54, 1.807) is 18.2 Å². The summed E-state index contributed by atoms with van der Waals surface area (Å²) in [5.41, 5.74) is 4.22. The number of carboxylic acids is 1. The van der Waals surface area contributed by atoms with E-state index < -0.39 is 5.97 Å². The maximum absolute atomic E-state index is 11.0. The molecule has 1 aliphatic carbocycles. The van der Waals surface area contributed by atoms with E-state index in [1.165, 1.54) is 11.1 Å². The van der Waals surface area contributed by atoms with Crippen LogP contribution in [0.4, 0.5) is 0 Å². The van der Waals surface area contributed by atoms with Gasteiger partial charge in [-0.05, 0) is 54.5 Å². The van der Waals surface area contributed by atoms with Gasteiger partial charge >= 0.3 is 5.97 Å². The molecular weight excluding hydrogens is 274 g/mol. The van der Waals surface area contributed by atoms with Gasteiger partial charge in [-0.25, -0.2) is 4.79 Å². The van der Waals surface area contributed by atoms with E-state index in [1.807, 2.05) is 6.07 Å². The number of hydrogen-bond acceptors (Lipinski definition) is 2. The van der Waals surface area contributed by atoms with Crippen molar-refractivity contribution in [1.82, 2.24) is 5.32 Å². The van der Waals surface area contributed by atoms with Crippen LogP contribution in [0, 0.1) is 6.92 Å². The van der Waals surface area contributed by atoms with Gasteiger partial charge in [-0.3, -0.25) is 0 Å². The lowest BCUT2D eigenvalue weighted by Crippen LogP contribution is -2.39. The molecule has 114 valence electrons. The Balaban J connectivity index is 1.52. The summed E-state index contributed by atoms with van der Waals surface area (Å²) >= 11 is 0. The molecule has 0 aromatic heterocycles. The predicted octanol–water partition coefficient (Wildman–Crippen LogP) is 3.73. The molecule has 3 nitrogen and oxygen atoms in total. The highest BCUT2D eigenvalue weighted by atomic mass is 16.4. The Morgan fingerprint density at radius 3 is 2.68 bits per heavy atom. The fourth-order valence-electron chi connectivity index (χ4n) is 3.16. The molecule has 0 heterocycles. The van der Waals surface area contributed by atoms with E-state index in [0.29, 0.717) is 17.5 Å². The Morgan fingerprint density at radius 2 is 1.95 bits per heavy atom. The summed E-state index contributed by atoms with van der Waals surface area (Å²) in [7, 11) is 0. The van der Waals surface area contributed by atoms with Crippen LogP contribution in [-0.2, 0) is 6.54 Å². The lowest BCUT2D eigenvalue weighted by molar-refractivity contribution is 0.0696. The van der Waals surface area contributed by atoms with Gasteiger partial charge in [0.1, 0.15) is 0 Å². The minimum Gasteiger partial charge on any atom is -0.478 e. The summed E-state index contributed by atoms with van der Waals surface area (Å²) in [6.45, 7) is 2.90. The molecule has 0 saturated heterocycles. The molecule has 0 amide bonds. The van der Waals surface area contributed by atoms with Crippen molar-refractivity contribution >= 4 is 5.97 Å². The zero-order valence-corrected chi connectivity index (χ0v) is 12.8. The van der Waals surface area contributed by atoms with Gasteiger partial charge in [-0.15, -0.1) is 0 Å². The molecule has 2 aromatic carbocycles. The number of aryl methyl sites for hydroxylation is 1. The molecule has 0 atom stereocenters. The fourth-order valence-corrected chi connectivity index (χ4v) is 3.16. The third kappa shape index (κ3) is 3.20. The van der Waals surface area contributed by atoms with Gasteiger partial charge in [0.05, 0.1) is 5.56 Å². The van der Waals surface area contributed by atoms with Crippen LogP contribution in [0.15, 0.2) is 48.5 Å². The van der Waals surface area contributed by atoms with Crippen molar-refractivity contribution in [3.05, 3.63) is 70.8 Å². The minimum absolute atomic E-state index is 0.352. The average molecular weight is 295 g/mol. The Kier molecular flexibility index (Phi) is 4.25. The van der Waals surface area contributed by atoms with Crippen LogP contribution in [0.5, 0.6) is 0 Å². The van der Waals surface area contributed by atoms with E-state index >= 15 is 0 Å². The van der Waals surface area contributed by atoms with Crippen LogP contribution < -0.4 is 5.32 Å². The van der Waals surface area contributed by atoms with Crippen LogP contribution in [0.3, 0.4) is 0 Å². The van der Waals surface area contributed by atoms with Crippen molar-refractivity contribution in [3.63, 3.8) is 0 Å². The maximum Gasteiger partial charge on any atom is 0.335 e. The van der Waals surface area contributed by atoms with Crippen molar-refractivity contribution in [3.8, 4) is 0 Å². The molecule has 0 spiro atoms. The van der Waals surface area contributed by atoms with E-state index in [9.17, 15) is 4.79 Å². The van der Waals surface area contributed by atoms with Gasteiger partial charge in [0.15, 0.2) is 0 Å². The first-order valence-corrected chi connectivity index (χ1v) is 7.74. The van der Waals surface area contributed by atoms with E-state index in [4.69, 9.17) is 5.11 Å². The first-order chi connectivity index (χ1) is 10.6. The molecule has 2 N–H and O–H groups in total. The molecule has 22 heavy (non-hydrogen) atoms. The monoisotopic (exact) mass is 295 g/mol. The van der Waals surface area contributed by atoms with Gasteiger partial charge in [-0.2, -0.15) is 0 Å². The zero-order chi connectivity index (χ0) is 15.5. The predicted molar refractivity (Wildman–Crippen MR) is 87.2 cm³/mol. The van der Waals surface area contributed by atoms with E-state index in [2.05, 4.69) is 36.5 Å². The van der Waals surface area contributed by atoms with Crippen molar-refractivity contribution in [1.29, 1.82) is 0 Å². The zero-order valence-electron chi connectivity index (χ0n) is 12.8. The van der Waals surface area contributed by atoms with Crippen LogP contribution in [0.25, 0.3) is 0 Å². The number of nitrogens with one attached hydrogen (secondary N) is 1. The van der Waals surface area contributed by atoms with Crippen LogP contribution in [-0.4, -0.2) is 17.1 Å². The molecule has 1 saturated carbocycles.